The molecule has 3 rings (SSSR count). The molecule has 2 N–H and O–H groups in total. The van der Waals surface area contributed by atoms with E-state index in [9.17, 15) is 14.0 Å². The zero-order valence-corrected chi connectivity index (χ0v) is 11.9. The fourth-order valence-corrected chi connectivity index (χ4v) is 2.05. The summed E-state index contributed by atoms with van der Waals surface area (Å²) >= 11 is 0. The first-order valence-electron chi connectivity index (χ1n) is 6.79. The van der Waals surface area contributed by atoms with Crippen molar-refractivity contribution >= 4 is 28.5 Å². The number of hydrogen-bond donors (Lipinski definition) is 2. The molecule has 0 bridgehead atoms. The number of hydrogen-bond acceptors (Lipinski definition) is 4. The Bertz CT molecular complexity index is 858. The van der Waals surface area contributed by atoms with Crippen molar-refractivity contribution in [3.05, 3.63) is 60.0 Å². The van der Waals surface area contributed by atoms with Crippen LogP contribution in [0.3, 0.4) is 0 Å². The highest BCUT2D eigenvalue weighted by molar-refractivity contribution is 6.03. The second-order valence-corrected chi connectivity index (χ2v) is 4.75. The van der Waals surface area contributed by atoms with Crippen LogP contribution < -0.4 is 5.32 Å². The Hall–Kier alpha value is -3.22. The van der Waals surface area contributed by atoms with E-state index in [0.29, 0.717) is 16.6 Å². The second kappa shape index (κ2) is 6.27. The summed E-state index contributed by atoms with van der Waals surface area (Å²) in [4.78, 5) is 23.7. The Morgan fingerprint density at radius 3 is 2.65 bits per heavy atom. The van der Waals surface area contributed by atoms with Crippen LogP contribution in [0.4, 0.5) is 10.1 Å². The molecule has 116 valence electrons. The Kier molecular flexibility index (Phi) is 4.01. The molecule has 1 heterocycles. The number of fused-ring (bicyclic) bond motifs is 1. The molecular weight excluding hydrogens is 301 g/mol. The average Bonchev–Trinajstić information content (AvgIpc) is 2.99. The van der Waals surface area contributed by atoms with Gasteiger partial charge in [-0.2, -0.15) is 5.10 Å². The van der Waals surface area contributed by atoms with E-state index in [0.717, 1.165) is 0 Å². The average molecular weight is 313 g/mol. The molecule has 0 aliphatic carbocycles. The molecule has 6 nitrogen and oxygen atoms in total. The lowest BCUT2D eigenvalue weighted by atomic mass is 10.2. The molecule has 7 heteroatoms. The number of anilines is 1. The van der Waals surface area contributed by atoms with Gasteiger partial charge in [0.1, 0.15) is 5.82 Å². The topological polar surface area (TPSA) is 84.1 Å². The normalized spacial score (nSPS) is 10.5. The molecule has 3 aromatic rings. The minimum Gasteiger partial charge on any atom is -0.451 e. The van der Waals surface area contributed by atoms with Crippen LogP contribution in [0.5, 0.6) is 0 Å². The molecular formula is C16H12FN3O3. The van der Waals surface area contributed by atoms with Crippen molar-refractivity contribution in [3.8, 4) is 0 Å². The lowest BCUT2D eigenvalue weighted by molar-refractivity contribution is -0.119. The van der Waals surface area contributed by atoms with Crippen LogP contribution in [-0.4, -0.2) is 28.7 Å². The molecule has 1 amide bonds. The largest absolute Gasteiger partial charge is 0.451 e. The van der Waals surface area contributed by atoms with Crippen LogP contribution in [-0.2, 0) is 9.53 Å². The van der Waals surface area contributed by atoms with Gasteiger partial charge < -0.3 is 10.1 Å². The highest BCUT2D eigenvalue weighted by Gasteiger charge is 2.16. The maximum absolute atomic E-state index is 12.8. The molecule has 0 saturated heterocycles. The third kappa shape index (κ3) is 3.34. The Morgan fingerprint density at radius 1 is 1.13 bits per heavy atom. The van der Waals surface area contributed by atoms with E-state index in [1.165, 1.54) is 24.3 Å². The van der Waals surface area contributed by atoms with E-state index in [2.05, 4.69) is 15.5 Å². The van der Waals surface area contributed by atoms with Gasteiger partial charge in [0.2, 0.25) is 0 Å². The van der Waals surface area contributed by atoms with Crippen LogP contribution in [0.25, 0.3) is 10.9 Å². The van der Waals surface area contributed by atoms with Crippen LogP contribution in [0.15, 0.2) is 48.5 Å². The predicted molar refractivity (Wildman–Crippen MR) is 81.4 cm³/mol. The van der Waals surface area contributed by atoms with Crippen LogP contribution in [0.1, 0.15) is 10.5 Å². The van der Waals surface area contributed by atoms with Gasteiger partial charge in [-0.25, -0.2) is 9.18 Å². The van der Waals surface area contributed by atoms with E-state index in [-0.39, 0.29) is 5.69 Å². The van der Waals surface area contributed by atoms with E-state index in [1.54, 1.807) is 18.2 Å². The van der Waals surface area contributed by atoms with Gasteiger partial charge in [0.25, 0.3) is 5.91 Å². The zero-order valence-electron chi connectivity index (χ0n) is 11.9. The Balaban J connectivity index is 1.60. The third-order valence-electron chi connectivity index (χ3n) is 3.13. The summed E-state index contributed by atoms with van der Waals surface area (Å²) in [5.41, 5.74) is 1.24. The van der Waals surface area contributed by atoms with Crippen LogP contribution >= 0.6 is 0 Å². The van der Waals surface area contributed by atoms with Gasteiger partial charge in [0.15, 0.2) is 12.3 Å². The molecule has 0 aliphatic heterocycles. The molecule has 0 radical (unpaired) electrons. The minimum absolute atomic E-state index is 0.121. The number of para-hydroxylation sites is 1. The summed E-state index contributed by atoms with van der Waals surface area (Å²) in [6, 6.07) is 12.4. The molecule has 0 aliphatic rings. The van der Waals surface area contributed by atoms with E-state index >= 15 is 0 Å². The number of ether oxygens (including phenoxy) is 1. The molecule has 2 aromatic carbocycles. The molecule has 0 saturated carbocycles. The fraction of sp³-hybridized carbons (Fsp3) is 0.0625. The van der Waals surface area contributed by atoms with Crippen LogP contribution in [0.2, 0.25) is 0 Å². The summed E-state index contributed by atoms with van der Waals surface area (Å²) in [5, 5.41) is 9.73. The number of rotatable bonds is 4. The molecule has 23 heavy (non-hydrogen) atoms. The number of esters is 1. The maximum atomic E-state index is 12.8. The molecule has 0 atom stereocenters. The predicted octanol–water partition coefficient (Wildman–Crippen LogP) is 2.50. The van der Waals surface area contributed by atoms with Gasteiger partial charge in [0.05, 0.1) is 5.52 Å². The Labute approximate surface area is 130 Å². The number of halogens is 1. The van der Waals surface area contributed by atoms with Crippen molar-refractivity contribution in [2.75, 3.05) is 11.9 Å². The van der Waals surface area contributed by atoms with Gasteiger partial charge in [0, 0.05) is 11.1 Å². The number of amides is 1. The van der Waals surface area contributed by atoms with Crippen molar-refractivity contribution in [2.45, 2.75) is 0 Å². The summed E-state index contributed by atoms with van der Waals surface area (Å²) in [6.45, 7) is -0.461. The van der Waals surface area contributed by atoms with E-state index < -0.39 is 24.3 Å². The number of carbonyl (C=O) groups excluding carboxylic acids is 2. The Morgan fingerprint density at radius 2 is 1.87 bits per heavy atom. The lowest BCUT2D eigenvalue weighted by Crippen LogP contribution is -2.21. The zero-order chi connectivity index (χ0) is 16.2. The second-order valence-electron chi connectivity index (χ2n) is 4.75. The fourth-order valence-electron chi connectivity index (χ4n) is 2.05. The van der Waals surface area contributed by atoms with Crippen LogP contribution in [0, 0.1) is 5.82 Å². The van der Waals surface area contributed by atoms with Gasteiger partial charge in [-0.05, 0) is 30.3 Å². The maximum Gasteiger partial charge on any atom is 0.359 e. The SMILES string of the molecule is O=C(COC(=O)c1n[nH]c2ccccc12)Nc1ccc(F)cc1. The third-order valence-corrected chi connectivity index (χ3v) is 3.13. The summed E-state index contributed by atoms with van der Waals surface area (Å²) < 4.78 is 17.7. The number of benzene rings is 2. The molecule has 1 aromatic heterocycles. The van der Waals surface area contributed by atoms with Crippen molar-refractivity contribution in [1.29, 1.82) is 0 Å². The highest BCUT2D eigenvalue weighted by atomic mass is 19.1. The molecule has 0 spiro atoms. The van der Waals surface area contributed by atoms with Gasteiger partial charge >= 0.3 is 5.97 Å². The van der Waals surface area contributed by atoms with Crippen molar-refractivity contribution in [2.24, 2.45) is 0 Å². The molecule has 0 fully saturated rings. The van der Waals surface area contributed by atoms with Crippen molar-refractivity contribution in [1.82, 2.24) is 10.2 Å². The first-order valence-corrected chi connectivity index (χ1v) is 6.79. The summed E-state index contributed by atoms with van der Waals surface area (Å²) in [7, 11) is 0. The first kappa shape index (κ1) is 14.7. The highest BCUT2D eigenvalue weighted by Crippen LogP contribution is 2.15. The van der Waals surface area contributed by atoms with Crippen molar-refractivity contribution < 1.29 is 18.7 Å². The first-order chi connectivity index (χ1) is 11.1. The van der Waals surface area contributed by atoms with Gasteiger partial charge in [-0.1, -0.05) is 18.2 Å². The number of nitrogens with zero attached hydrogens (tertiary/aromatic N) is 1. The number of aromatic amines is 1. The molecule has 0 unspecified atom stereocenters. The number of aromatic nitrogens is 2. The minimum atomic E-state index is -0.697. The standard InChI is InChI=1S/C16H12FN3O3/c17-10-5-7-11(8-6-10)18-14(21)9-23-16(22)15-12-3-1-2-4-13(12)19-20-15/h1-8H,9H2,(H,18,21)(H,19,20). The van der Waals surface area contributed by atoms with Crippen molar-refractivity contribution in [3.63, 3.8) is 0 Å². The van der Waals surface area contributed by atoms with Gasteiger partial charge in [-0.15, -0.1) is 0 Å². The summed E-state index contributed by atoms with van der Waals surface area (Å²) in [5.74, 6) is -1.62. The van der Waals surface area contributed by atoms with E-state index in [1.807, 2.05) is 6.07 Å². The van der Waals surface area contributed by atoms with E-state index in [4.69, 9.17) is 4.74 Å². The lowest BCUT2D eigenvalue weighted by Gasteiger charge is -2.05. The smallest absolute Gasteiger partial charge is 0.359 e. The van der Waals surface area contributed by atoms with Gasteiger partial charge in [-0.3, -0.25) is 9.89 Å². The summed E-state index contributed by atoms with van der Waals surface area (Å²) in [6.07, 6.45) is 0. The quantitative estimate of drug-likeness (QED) is 0.725. The number of carbonyl (C=O) groups is 2. The number of nitrogens with one attached hydrogen (secondary N) is 2. The monoisotopic (exact) mass is 313 g/mol. The number of H-pyrrole nitrogens is 1.